The Hall–Kier alpha value is -4.39. The molecule has 0 radical (unpaired) electrons. The number of hydrogen-bond donors (Lipinski definition) is 3. The Balaban J connectivity index is 1.43. The van der Waals surface area contributed by atoms with Crippen LogP contribution in [0.4, 0.5) is 10.1 Å². The molecule has 2 amide bonds. The smallest absolute Gasteiger partial charge is 0.247 e. The van der Waals surface area contributed by atoms with Crippen LogP contribution in [-0.2, 0) is 16.1 Å². The van der Waals surface area contributed by atoms with Gasteiger partial charge >= 0.3 is 0 Å². The molecule has 186 valence electrons. The third-order valence-electron chi connectivity index (χ3n) is 5.88. The van der Waals surface area contributed by atoms with Gasteiger partial charge in [-0.3, -0.25) is 14.9 Å². The number of halogens is 1. The first-order valence-electron chi connectivity index (χ1n) is 11.7. The maximum atomic E-state index is 13.8. The van der Waals surface area contributed by atoms with E-state index in [0.29, 0.717) is 24.2 Å². The Morgan fingerprint density at radius 1 is 1.25 bits per heavy atom. The average molecular weight is 491 g/mol. The molecular formula is C26H27FN6O3. The first kappa shape index (κ1) is 24.7. The van der Waals surface area contributed by atoms with Gasteiger partial charge in [0, 0.05) is 29.7 Å². The number of fused-ring (bicyclic) bond motifs is 1. The molecule has 0 spiro atoms. The number of aliphatic imine (C=N–C) groups is 1. The van der Waals surface area contributed by atoms with Crippen molar-refractivity contribution in [3.63, 3.8) is 0 Å². The van der Waals surface area contributed by atoms with Crippen molar-refractivity contribution in [1.29, 1.82) is 5.26 Å². The Morgan fingerprint density at radius 2 is 2.08 bits per heavy atom. The minimum atomic E-state index is -0.755. The number of anilines is 1. The first-order chi connectivity index (χ1) is 17.4. The van der Waals surface area contributed by atoms with Crippen LogP contribution in [0.25, 0.3) is 11.0 Å². The molecule has 1 aromatic heterocycles. The summed E-state index contributed by atoms with van der Waals surface area (Å²) in [5.41, 5.74) is 1.79. The molecule has 1 atom stereocenters. The van der Waals surface area contributed by atoms with E-state index in [9.17, 15) is 19.2 Å². The van der Waals surface area contributed by atoms with Crippen LogP contribution in [0.1, 0.15) is 30.6 Å². The number of amides is 2. The molecule has 2 aromatic carbocycles. The summed E-state index contributed by atoms with van der Waals surface area (Å²) in [6.07, 6.45) is 3.81. The summed E-state index contributed by atoms with van der Waals surface area (Å²) < 4.78 is 19.4. The molecule has 1 aliphatic heterocycles. The fourth-order valence-corrected chi connectivity index (χ4v) is 4.12. The molecule has 36 heavy (non-hydrogen) atoms. The minimum absolute atomic E-state index is 0.0375. The lowest BCUT2D eigenvalue weighted by molar-refractivity contribution is -0.136. The molecule has 0 aliphatic carbocycles. The molecule has 0 bridgehead atoms. The number of nitrogens with zero attached hydrogens (tertiary/aromatic N) is 3. The topological polar surface area (TPSA) is 123 Å². The van der Waals surface area contributed by atoms with Crippen LogP contribution in [0.5, 0.6) is 0 Å². The second kappa shape index (κ2) is 11.4. The van der Waals surface area contributed by atoms with Crippen molar-refractivity contribution >= 4 is 34.4 Å². The lowest BCUT2D eigenvalue weighted by Gasteiger charge is -2.22. The van der Waals surface area contributed by atoms with E-state index in [2.05, 4.69) is 20.9 Å². The Bertz CT molecular complexity index is 1330. The second-order valence-electron chi connectivity index (χ2n) is 8.59. The zero-order valence-corrected chi connectivity index (χ0v) is 19.9. The fraction of sp³-hybridized carbons (Fsp3) is 0.308. The molecule has 1 aliphatic rings. The van der Waals surface area contributed by atoms with E-state index in [0.717, 1.165) is 29.6 Å². The molecule has 1 unspecified atom stereocenters. The van der Waals surface area contributed by atoms with Crippen LogP contribution in [0, 0.1) is 24.2 Å². The molecule has 1 saturated heterocycles. The van der Waals surface area contributed by atoms with Gasteiger partial charge in [-0.25, -0.2) is 9.38 Å². The van der Waals surface area contributed by atoms with Crippen LogP contribution in [-0.4, -0.2) is 41.8 Å². The lowest BCUT2D eigenvalue weighted by atomic mass is 10.1. The quantitative estimate of drug-likeness (QED) is 0.211. The van der Waals surface area contributed by atoms with Crippen LogP contribution < -0.4 is 16.0 Å². The second-order valence-corrected chi connectivity index (χ2v) is 8.59. The Kier molecular flexibility index (Phi) is 7.80. The number of likely N-dealkylation sites (tertiary alicyclic amines) is 1. The molecule has 0 saturated carbocycles. The highest BCUT2D eigenvalue weighted by molar-refractivity contribution is 5.98. The summed E-state index contributed by atoms with van der Waals surface area (Å²) in [4.78, 5) is 31.6. The highest BCUT2D eigenvalue weighted by Crippen LogP contribution is 2.23. The molecule has 3 N–H and O–H groups in total. The first-order valence-corrected chi connectivity index (χ1v) is 11.7. The van der Waals surface area contributed by atoms with E-state index in [1.54, 1.807) is 24.3 Å². The van der Waals surface area contributed by atoms with Gasteiger partial charge in [-0.1, -0.05) is 18.2 Å². The van der Waals surface area contributed by atoms with Crippen molar-refractivity contribution in [1.82, 2.24) is 15.5 Å². The number of rotatable bonds is 6. The molecule has 4 rings (SSSR count). The van der Waals surface area contributed by atoms with Crippen molar-refractivity contribution in [3.05, 3.63) is 65.7 Å². The summed E-state index contributed by atoms with van der Waals surface area (Å²) >= 11 is 0. The number of nitrogens with one attached hydrogen (secondary N) is 3. The number of nitriles is 1. The summed E-state index contributed by atoms with van der Waals surface area (Å²) in [6, 6.07) is 12.8. The molecule has 10 heteroatoms. The van der Waals surface area contributed by atoms with Crippen molar-refractivity contribution in [2.75, 3.05) is 18.4 Å². The van der Waals surface area contributed by atoms with Crippen molar-refractivity contribution in [3.8, 4) is 6.19 Å². The number of hydrogen-bond acceptors (Lipinski definition) is 5. The summed E-state index contributed by atoms with van der Waals surface area (Å²) in [7, 11) is 0. The van der Waals surface area contributed by atoms with Gasteiger partial charge in [-0.15, -0.1) is 0 Å². The van der Waals surface area contributed by atoms with Gasteiger partial charge in [0.05, 0.1) is 6.54 Å². The van der Waals surface area contributed by atoms with E-state index < -0.39 is 11.9 Å². The van der Waals surface area contributed by atoms with E-state index in [1.807, 2.05) is 31.3 Å². The van der Waals surface area contributed by atoms with Gasteiger partial charge in [-0.2, -0.15) is 5.26 Å². The molecule has 9 nitrogen and oxygen atoms in total. The monoisotopic (exact) mass is 490 g/mol. The van der Waals surface area contributed by atoms with E-state index in [1.165, 1.54) is 11.0 Å². The number of carbonyl (C=O) groups excluding carboxylic acids is 2. The van der Waals surface area contributed by atoms with Gasteiger partial charge in [0.25, 0.3) is 0 Å². The highest BCUT2D eigenvalue weighted by Gasteiger charge is 2.28. The van der Waals surface area contributed by atoms with Crippen LogP contribution in [0.15, 0.2) is 57.9 Å². The lowest BCUT2D eigenvalue weighted by Crippen LogP contribution is -2.44. The Labute approximate surface area is 208 Å². The standard InChI is InChI=1S/C26H27FN6O3/c1-17-12-19-13-20(9-10-23(19)36-17)31-26(30-16-28)32-22-8-4-5-11-33(25(22)35)15-24(34)29-14-18-6-2-3-7-21(18)27/h2-3,6-7,9-10,12-13,22H,4-5,8,11,14-15H2,1H3,(H,29,34)(H2,30,31,32). The summed E-state index contributed by atoms with van der Waals surface area (Å²) in [5, 5.41) is 18.3. The van der Waals surface area contributed by atoms with Crippen LogP contribution in [0.2, 0.25) is 0 Å². The zero-order valence-electron chi connectivity index (χ0n) is 19.9. The van der Waals surface area contributed by atoms with Crippen molar-refractivity contribution in [2.24, 2.45) is 4.99 Å². The maximum absolute atomic E-state index is 13.8. The van der Waals surface area contributed by atoms with Crippen molar-refractivity contribution in [2.45, 2.75) is 38.8 Å². The van der Waals surface area contributed by atoms with Gasteiger partial charge in [0.15, 0.2) is 6.19 Å². The molecule has 2 heterocycles. The van der Waals surface area contributed by atoms with E-state index >= 15 is 0 Å². The summed E-state index contributed by atoms with van der Waals surface area (Å²) in [6.45, 7) is 2.17. The number of aryl methyl sites for hydroxylation is 1. The predicted octanol–water partition coefficient (Wildman–Crippen LogP) is 3.42. The van der Waals surface area contributed by atoms with Crippen molar-refractivity contribution < 1.29 is 18.4 Å². The molecule has 1 fully saturated rings. The minimum Gasteiger partial charge on any atom is -0.461 e. The van der Waals surface area contributed by atoms with Gasteiger partial charge in [0.1, 0.15) is 23.2 Å². The fourth-order valence-electron chi connectivity index (χ4n) is 4.12. The maximum Gasteiger partial charge on any atom is 0.247 e. The largest absolute Gasteiger partial charge is 0.461 e. The SMILES string of the molecule is Cc1cc2cc(NC(=NC3CCCCN(CC(=O)NCc4ccccc4F)C3=O)NC#N)ccc2o1. The number of carbonyl (C=O) groups is 2. The third kappa shape index (κ3) is 6.18. The number of furan rings is 1. The van der Waals surface area contributed by atoms with Gasteiger partial charge in [0.2, 0.25) is 17.8 Å². The van der Waals surface area contributed by atoms with Crippen LogP contribution >= 0.6 is 0 Å². The van der Waals surface area contributed by atoms with E-state index in [4.69, 9.17) is 4.42 Å². The van der Waals surface area contributed by atoms with Crippen LogP contribution in [0.3, 0.4) is 0 Å². The van der Waals surface area contributed by atoms with Gasteiger partial charge < -0.3 is 20.0 Å². The zero-order chi connectivity index (χ0) is 25.5. The normalized spacial score (nSPS) is 16.4. The third-order valence-corrected chi connectivity index (χ3v) is 5.88. The average Bonchev–Trinajstić information content (AvgIpc) is 3.14. The highest BCUT2D eigenvalue weighted by atomic mass is 19.1. The molecular weight excluding hydrogens is 463 g/mol. The summed E-state index contributed by atoms with van der Waals surface area (Å²) in [5.74, 6) is -0.151. The number of benzene rings is 2. The van der Waals surface area contributed by atoms with E-state index in [-0.39, 0.29) is 30.9 Å². The van der Waals surface area contributed by atoms with Gasteiger partial charge in [-0.05, 0) is 56.5 Å². The number of guanidine groups is 1. The Morgan fingerprint density at radius 3 is 2.89 bits per heavy atom. The molecule has 3 aromatic rings. The predicted molar refractivity (Wildman–Crippen MR) is 133 cm³/mol.